The molecule has 10 heteroatoms. The van der Waals surface area contributed by atoms with Crippen molar-refractivity contribution in [1.82, 2.24) is 9.13 Å². The van der Waals surface area contributed by atoms with Crippen molar-refractivity contribution in [3.63, 3.8) is 0 Å². The van der Waals surface area contributed by atoms with E-state index in [1.165, 1.54) is 6.26 Å². The van der Waals surface area contributed by atoms with Gasteiger partial charge in [0.1, 0.15) is 16.0 Å². The van der Waals surface area contributed by atoms with Crippen molar-refractivity contribution in [2.45, 2.75) is 69.0 Å². The van der Waals surface area contributed by atoms with Gasteiger partial charge in [0, 0.05) is 29.7 Å². The van der Waals surface area contributed by atoms with E-state index in [-0.39, 0.29) is 22.2 Å². The maximum Gasteiger partial charge on any atom is 0.329 e. The lowest BCUT2D eigenvalue weighted by Crippen LogP contribution is -2.33. The molecule has 204 valence electrons. The van der Waals surface area contributed by atoms with Crippen molar-refractivity contribution in [3.05, 3.63) is 51.7 Å². The zero-order valence-electron chi connectivity index (χ0n) is 21.7. The molecule has 1 heterocycles. The lowest BCUT2D eigenvalue weighted by atomic mass is 9.99. The van der Waals surface area contributed by atoms with Gasteiger partial charge in [-0.15, -0.1) is 0 Å². The Kier molecular flexibility index (Phi) is 8.89. The predicted molar refractivity (Wildman–Crippen MR) is 148 cm³/mol. The fraction of sp³-hybridized carbons (Fsp3) is 0.593. The standard InChI is InChI=1S/C27H36BrFN2O5S/c1-4-36-26-14-19(9-13-25(26)35-2)24(17-37(3,33)34)31-22-12-10-20(28)15-23(22)30(27(31)32)16-18-6-5-7-21(29)11-8-18/h9-10,12-14,18,20-21,24H,4-8,11,15-17H2,1-3H3/t18?,20?,21?,24-/m0/s1. The summed E-state index contributed by atoms with van der Waals surface area (Å²) in [6.45, 7) is 2.78. The molecule has 1 saturated carbocycles. The third-order valence-electron chi connectivity index (χ3n) is 7.27. The van der Waals surface area contributed by atoms with Crippen LogP contribution in [-0.4, -0.2) is 54.3 Å². The van der Waals surface area contributed by atoms with Crippen molar-refractivity contribution in [3.8, 4) is 11.5 Å². The molecule has 1 fully saturated rings. The second-order valence-corrected chi connectivity index (χ2v) is 13.5. The van der Waals surface area contributed by atoms with Crippen molar-refractivity contribution in [2.24, 2.45) is 5.92 Å². The lowest BCUT2D eigenvalue weighted by molar-refractivity contribution is 0.293. The number of methoxy groups -OCH3 is 1. The molecule has 0 aliphatic heterocycles. The maximum absolute atomic E-state index is 14.1. The van der Waals surface area contributed by atoms with Crippen LogP contribution in [0.5, 0.6) is 11.5 Å². The van der Waals surface area contributed by atoms with Crippen molar-refractivity contribution in [1.29, 1.82) is 0 Å². The zero-order chi connectivity index (χ0) is 26.7. The quantitative estimate of drug-likeness (QED) is 0.302. The number of nitrogens with zero attached hydrogens (tertiary/aromatic N) is 2. The van der Waals surface area contributed by atoms with Gasteiger partial charge in [0.05, 0.1) is 31.2 Å². The Balaban J connectivity index is 1.84. The fourth-order valence-corrected chi connectivity index (χ4v) is 6.88. The van der Waals surface area contributed by atoms with E-state index >= 15 is 0 Å². The normalized spacial score (nSPS) is 22.8. The van der Waals surface area contributed by atoms with E-state index in [2.05, 4.69) is 15.9 Å². The Morgan fingerprint density at radius 1 is 1.19 bits per heavy atom. The highest BCUT2D eigenvalue weighted by atomic mass is 79.9. The average molecular weight is 600 g/mol. The number of imidazole rings is 1. The first kappa shape index (κ1) is 28.0. The SMILES string of the molecule is CCOc1cc([C@H](CS(C)(=O)=O)n2c3c(n(CC4CCCC(F)CC4)c2=O)CC(Br)C=C3)ccc1OC. The highest BCUT2D eigenvalue weighted by Gasteiger charge is 2.31. The van der Waals surface area contributed by atoms with E-state index in [1.807, 2.05) is 19.1 Å². The van der Waals surface area contributed by atoms with Crippen molar-refractivity contribution < 1.29 is 22.3 Å². The number of sulfone groups is 1. The largest absolute Gasteiger partial charge is 0.493 e. The molecule has 1 aromatic heterocycles. The highest BCUT2D eigenvalue weighted by molar-refractivity contribution is 9.09. The summed E-state index contributed by atoms with van der Waals surface area (Å²) in [5, 5.41) is 0. The van der Waals surface area contributed by atoms with E-state index in [1.54, 1.807) is 34.4 Å². The first-order valence-electron chi connectivity index (χ1n) is 12.9. The van der Waals surface area contributed by atoms with Gasteiger partial charge in [-0.05, 0) is 62.3 Å². The molecule has 0 radical (unpaired) electrons. The summed E-state index contributed by atoms with van der Waals surface area (Å²) in [5.41, 5.74) is 2.02. The molecule has 4 rings (SSSR count). The molecule has 2 aliphatic rings. The number of hydrogen-bond acceptors (Lipinski definition) is 5. The van der Waals surface area contributed by atoms with Crippen LogP contribution >= 0.6 is 15.9 Å². The van der Waals surface area contributed by atoms with E-state index in [0.717, 1.165) is 30.7 Å². The van der Waals surface area contributed by atoms with Gasteiger partial charge in [0.25, 0.3) is 0 Å². The van der Waals surface area contributed by atoms with Gasteiger partial charge in [-0.3, -0.25) is 9.13 Å². The Morgan fingerprint density at radius 2 is 1.97 bits per heavy atom. The number of halogens is 2. The minimum Gasteiger partial charge on any atom is -0.493 e. The second kappa shape index (κ2) is 11.8. The van der Waals surface area contributed by atoms with Gasteiger partial charge < -0.3 is 9.47 Å². The summed E-state index contributed by atoms with van der Waals surface area (Å²) < 4.78 is 53.8. The number of alkyl halides is 2. The van der Waals surface area contributed by atoms with Gasteiger partial charge >= 0.3 is 5.69 Å². The molecule has 3 unspecified atom stereocenters. The average Bonchev–Trinajstić information content (AvgIpc) is 2.96. The summed E-state index contributed by atoms with van der Waals surface area (Å²) >= 11 is 3.66. The molecular weight excluding hydrogens is 563 g/mol. The van der Waals surface area contributed by atoms with Crippen molar-refractivity contribution in [2.75, 3.05) is 25.7 Å². The van der Waals surface area contributed by atoms with E-state index in [0.29, 0.717) is 49.5 Å². The topological polar surface area (TPSA) is 79.5 Å². The molecule has 0 spiro atoms. The molecular formula is C27H36BrFN2O5S. The molecule has 0 N–H and O–H groups in total. The number of benzene rings is 1. The van der Waals surface area contributed by atoms with Crippen LogP contribution in [0.4, 0.5) is 4.39 Å². The van der Waals surface area contributed by atoms with Crippen LogP contribution < -0.4 is 15.2 Å². The number of fused-ring (bicyclic) bond motifs is 1. The van der Waals surface area contributed by atoms with Crippen LogP contribution in [0.25, 0.3) is 6.08 Å². The van der Waals surface area contributed by atoms with Crippen LogP contribution in [0.1, 0.15) is 62.0 Å². The van der Waals surface area contributed by atoms with E-state index < -0.39 is 22.1 Å². The highest BCUT2D eigenvalue weighted by Crippen LogP contribution is 2.35. The first-order chi connectivity index (χ1) is 17.6. The van der Waals surface area contributed by atoms with Crippen molar-refractivity contribution >= 4 is 31.8 Å². The smallest absolute Gasteiger partial charge is 0.329 e. The molecule has 2 aromatic rings. The summed E-state index contributed by atoms with van der Waals surface area (Å²) in [6.07, 6.45) is 8.45. The van der Waals surface area contributed by atoms with Crippen LogP contribution in [0.15, 0.2) is 29.1 Å². The van der Waals surface area contributed by atoms with Crippen LogP contribution in [0, 0.1) is 5.92 Å². The minimum absolute atomic E-state index is 0.0738. The zero-order valence-corrected chi connectivity index (χ0v) is 24.1. The molecule has 4 atom stereocenters. The van der Waals surface area contributed by atoms with Gasteiger partial charge in [-0.1, -0.05) is 34.5 Å². The summed E-state index contributed by atoms with van der Waals surface area (Å²) in [7, 11) is -1.91. The third-order valence-corrected chi connectivity index (χ3v) is 8.82. The van der Waals surface area contributed by atoms with Gasteiger partial charge in [-0.2, -0.15) is 0 Å². The predicted octanol–water partition coefficient (Wildman–Crippen LogP) is 4.94. The number of allylic oxidation sites excluding steroid dienone is 1. The molecule has 0 bridgehead atoms. The number of aromatic nitrogens is 2. The lowest BCUT2D eigenvalue weighted by Gasteiger charge is -2.22. The van der Waals surface area contributed by atoms with Crippen LogP contribution in [0.3, 0.4) is 0 Å². The summed E-state index contributed by atoms with van der Waals surface area (Å²) in [4.78, 5) is 14.1. The summed E-state index contributed by atoms with van der Waals surface area (Å²) in [5.74, 6) is 1.01. The number of hydrogen-bond donors (Lipinski definition) is 0. The molecule has 7 nitrogen and oxygen atoms in total. The van der Waals surface area contributed by atoms with Crippen LogP contribution in [0.2, 0.25) is 0 Å². The van der Waals surface area contributed by atoms with E-state index in [9.17, 15) is 17.6 Å². The Morgan fingerprint density at radius 3 is 2.68 bits per heavy atom. The van der Waals surface area contributed by atoms with Gasteiger partial charge in [0.15, 0.2) is 11.5 Å². The molecule has 0 saturated heterocycles. The Hall–Kier alpha value is -2.07. The number of ether oxygens (including phenoxy) is 2. The monoisotopic (exact) mass is 598 g/mol. The third kappa shape index (κ3) is 6.50. The van der Waals surface area contributed by atoms with Gasteiger partial charge in [0.2, 0.25) is 0 Å². The van der Waals surface area contributed by atoms with Gasteiger partial charge in [-0.25, -0.2) is 17.6 Å². The maximum atomic E-state index is 14.1. The minimum atomic E-state index is -3.46. The number of rotatable bonds is 9. The Labute approximate surface area is 226 Å². The molecule has 1 aromatic carbocycles. The van der Waals surface area contributed by atoms with E-state index in [4.69, 9.17) is 9.47 Å². The second-order valence-electron chi connectivity index (χ2n) is 10.1. The molecule has 0 amide bonds. The Bertz CT molecular complexity index is 1300. The molecule has 2 aliphatic carbocycles. The molecule has 37 heavy (non-hydrogen) atoms. The van der Waals surface area contributed by atoms with Crippen LogP contribution in [-0.2, 0) is 22.8 Å². The fourth-order valence-electron chi connectivity index (χ4n) is 5.50. The first-order valence-corrected chi connectivity index (χ1v) is 15.9. The summed E-state index contributed by atoms with van der Waals surface area (Å²) in [6, 6.07) is 4.55.